The molecule has 2 aromatic rings. The molecule has 0 radical (unpaired) electrons. The summed E-state index contributed by atoms with van der Waals surface area (Å²) in [5.41, 5.74) is 2.63. The second kappa shape index (κ2) is 5.67. The van der Waals surface area contributed by atoms with E-state index in [1.54, 1.807) is 6.20 Å². The topological polar surface area (TPSA) is 17.8 Å². The van der Waals surface area contributed by atoms with Crippen molar-refractivity contribution in [3.63, 3.8) is 0 Å². The zero-order valence-corrected chi connectivity index (χ0v) is 11.4. The number of benzene rings is 1. The third-order valence-electron chi connectivity index (χ3n) is 2.48. The summed E-state index contributed by atoms with van der Waals surface area (Å²) < 4.78 is 1.88. The molecule has 1 aromatic heterocycles. The van der Waals surface area contributed by atoms with Crippen molar-refractivity contribution in [2.75, 3.05) is 0 Å². The number of aromatic nitrogens is 2. The molecule has 0 fully saturated rings. The molecule has 2 heteroatoms. The lowest BCUT2D eigenvalue weighted by Gasteiger charge is -2.19. The molecule has 0 unspecified atom stereocenters. The van der Waals surface area contributed by atoms with Crippen LogP contribution in [0.1, 0.15) is 40.2 Å². The van der Waals surface area contributed by atoms with Gasteiger partial charge in [-0.1, -0.05) is 46.8 Å². The van der Waals surface area contributed by atoms with Crippen LogP contribution in [-0.4, -0.2) is 9.78 Å². The van der Waals surface area contributed by atoms with Gasteiger partial charge in [0.05, 0.1) is 5.69 Å². The molecule has 0 amide bonds. The van der Waals surface area contributed by atoms with E-state index in [1.165, 1.54) is 5.56 Å². The summed E-state index contributed by atoms with van der Waals surface area (Å²) in [7, 11) is 0. The van der Waals surface area contributed by atoms with Gasteiger partial charge >= 0.3 is 0 Å². The lowest BCUT2D eigenvalue weighted by Crippen LogP contribution is -2.11. The number of hydrogen-bond donors (Lipinski definition) is 0. The molecule has 2 rings (SSSR count). The Morgan fingerprint density at radius 1 is 1.06 bits per heavy atom. The minimum atomic E-state index is 0.184. The lowest BCUT2D eigenvalue weighted by atomic mass is 9.87. The molecule has 0 aliphatic heterocycles. The standard InChI is InChI=1S/C13H16N2.C2H6/c1-13(2,3)11-6-4-7-12(10-11)15-9-5-8-14-15;1-2/h4-10H,1-3H3;1-2H3. The van der Waals surface area contributed by atoms with Crippen molar-refractivity contribution in [1.82, 2.24) is 9.78 Å². The average Bonchev–Trinajstić information content (AvgIpc) is 2.84. The van der Waals surface area contributed by atoms with E-state index in [9.17, 15) is 0 Å². The van der Waals surface area contributed by atoms with Crippen LogP contribution in [0.3, 0.4) is 0 Å². The quantitative estimate of drug-likeness (QED) is 0.718. The van der Waals surface area contributed by atoms with Crippen molar-refractivity contribution in [3.8, 4) is 5.69 Å². The molecule has 0 saturated carbocycles. The van der Waals surface area contributed by atoms with Gasteiger partial charge in [0.1, 0.15) is 0 Å². The summed E-state index contributed by atoms with van der Waals surface area (Å²) in [6, 6.07) is 10.4. The molecule has 0 spiro atoms. The minimum Gasteiger partial charge on any atom is -0.241 e. The molecule has 17 heavy (non-hydrogen) atoms. The van der Waals surface area contributed by atoms with Crippen molar-refractivity contribution >= 4 is 0 Å². The predicted octanol–water partition coefficient (Wildman–Crippen LogP) is 4.20. The largest absolute Gasteiger partial charge is 0.241 e. The van der Waals surface area contributed by atoms with Crippen molar-refractivity contribution in [2.45, 2.75) is 40.0 Å². The van der Waals surface area contributed by atoms with Gasteiger partial charge in [-0.05, 0) is 29.2 Å². The van der Waals surface area contributed by atoms with Crippen molar-refractivity contribution in [2.24, 2.45) is 0 Å². The first-order valence-corrected chi connectivity index (χ1v) is 6.18. The lowest BCUT2D eigenvalue weighted by molar-refractivity contribution is 0.589. The van der Waals surface area contributed by atoms with E-state index in [-0.39, 0.29) is 5.41 Å². The first-order valence-electron chi connectivity index (χ1n) is 6.18. The summed E-state index contributed by atoms with van der Waals surface area (Å²) in [5, 5.41) is 4.23. The fourth-order valence-electron chi connectivity index (χ4n) is 1.54. The molecule has 0 aliphatic carbocycles. The SMILES string of the molecule is CC.CC(C)(C)c1cccc(-n2cccn2)c1. The maximum Gasteiger partial charge on any atom is 0.0648 e. The van der Waals surface area contributed by atoms with E-state index in [4.69, 9.17) is 0 Å². The Morgan fingerprint density at radius 2 is 1.76 bits per heavy atom. The Bertz CT molecular complexity index is 436. The first-order chi connectivity index (χ1) is 8.07. The third kappa shape index (κ3) is 3.45. The highest BCUT2D eigenvalue weighted by Crippen LogP contribution is 2.23. The zero-order valence-electron chi connectivity index (χ0n) is 11.4. The van der Waals surface area contributed by atoms with Gasteiger partial charge in [-0.3, -0.25) is 0 Å². The Morgan fingerprint density at radius 3 is 2.29 bits per heavy atom. The summed E-state index contributed by atoms with van der Waals surface area (Å²) in [5.74, 6) is 0. The minimum absolute atomic E-state index is 0.184. The maximum absolute atomic E-state index is 4.23. The Hall–Kier alpha value is -1.57. The molecule has 0 saturated heterocycles. The molecule has 0 aliphatic rings. The van der Waals surface area contributed by atoms with Crippen LogP contribution in [0.25, 0.3) is 5.69 Å². The van der Waals surface area contributed by atoms with Crippen LogP contribution >= 0.6 is 0 Å². The van der Waals surface area contributed by atoms with Crippen LogP contribution in [0.5, 0.6) is 0 Å². The first kappa shape index (κ1) is 13.5. The van der Waals surface area contributed by atoms with Crippen LogP contribution in [0.4, 0.5) is 0 Å². The van der Waals surface area contributed by atoms with Gasteiger partial charge in [0.2, 0.25) is 0 Å². The fourth-order valence-corrected chi connectivity index (χ4v) is 1.54. The highest BCUT2D eigenvalue weighted by molar-refractivity contribution is 5.37. The molecule has 0 bridgehead atoms. The molecule has 1 aromatic carbocycles. The monoisotopic (exact) mass is 230 g/mol. The van der Waals surface area contributed by atoms with Crippen LogP contribution < -0.4 is 0 Å². The van der Waals surface area contributed by atoms with Crippen LogP contribution in [-0.2, 0) is 5.41 Å². The Balaban J connectivity index is 0.000000686. The third-order valence-corrected chi connectivity index (χ3v) is 2.48. The van der Waals surface area contributed by atoms with Crippen LogP contribution in [0.2, 0.25) is 0 Å². The van der Waals surface area contributed by atoms with Gasteiger partial charge < -0.3 is 0 Å². The maximum atomic E-state index is 4.23. The summed E-state index contributed by atoms with van der Waals surface area (Å²) in [6.45, 7) is 10.7. The van der Waals surface area contributed by atoms with Gasteiger partial charge in [0, 0.05) is 12.4 Å². The smallest absolute Gasteiger partial charge is 0.0648 e. The Kier molecular flexibility index (Phi) is 4.50. The molecular formula is C15H22N2. The van der Waals surface area contributed by atoms with E-state index in [1.807, 2.05) is 30.8 Å². The fraction of sp³-hybridized carbons (Fsp3) is 0.400. The molecule has 2 nitrogen and oxygen atoms in total. The highest BCUT2D eigenvalue weighted by Gasteiger charge is 2.13. The molecule has 1 heterocycles. The molecule has 0 N–H and O–H groups in total. The number of nitrogens with zero attached hydrogens (tertiary/aromatic N) is 2. The summed E-state index contributed by atoms with van der Waals surface area (Å²) >= 11 is 0. The average molecular weight is 230 g/mol. The number of hydrogen-bond acceptors (Lipinski definition) is 1. The van der Waals surface area contributed by atoms with E-state index in [2.05, 4.69) is 50.1 Å². The van der Waals surface area contributed by atoms with E-state index in [0.717, 1.165) is 5.69 Å². The molecule has 92 valence electrons. The Labute approximate surface area is 104 Å². The van der Waals surface area contributed by atoms with Gasteiger partial charge in [0.15, 0.2) is 0 Å². The van der Waals surface area contributed by atoms with Crippen molar-refractivity contribution in [1.29, 1.82) is 0 Å². The van der Waals surface area contributed by atoms with Crippen LogP contribution in [0, 0.1) is 0 Å². The van der Waals surface area contributed by atoms with Crippen molar-refractivity contribution in [3.05, 3.63) is 48.3 Å². The number of rotatable bonds is 1. The van der Waals surface area contributed by atoms with Gasteiger partial charge in [-0.2, -0.15) is 5.10 Å². The van der Waals surface area contributed by atoms with Gasteiger partial charge in [0.25, 0.3) is 0 Å². The van der Waals surface area contributed by atoms with E-state index < -0.39 is 0 Å². The molecule has 0 atom stereocenters. The van der Waals surface area contributed by atoms with E-state index >= 15 is 0 Å². The summed E-state index contributed by atoms with van der Waals surface area (Å²) in [6.07, 6.45) is 3.76. The predicted molar refractivity (Wildman–Crippen MR) is 73.6 cm³/mol. The highest BCUT2D eigenvalue weighted by atomic mass is 15.3. The second-order valence-corrected chi connectivity index (χ2v) is 4.75. The zero-order chi connectivity index (χ0) is 12.9. The van der Waals surface area contributed by atoms with E-state index in [0.29, 0.717) is 0 Å². The van der Waals surface area contributed by atoms with Crippen molar-refractivity contribution < 1.29 is 0 Å². The molecular weight excluding hydrogens is 208 g/mol. The van der Waals surface area contributed by atoms with Crippen LogP contribution in [0.15, 0.2) is 42.7 Å². The van der Waals surface area contributed by atoms with Gasteiger partial charge in [-0.25, -0.2) is 4.68 Å². The second-order valence-electron chi connectivity index (χ2n) is 4.75. The summed E-state index contributed by atoms with van der Waals surface area (Å²) in [4.78, 5) is 0. The normalized spacial score (nSPS) is 10.6. The van der Waals surface area contributed by atoms with Gasteiger partial charge in [-0.15, -0.1) is 0 Å².